The SMILES string of the molecule is c1ccc(-n2c3ccccc3c3cc(-c4c5ccccc5c(-c5cc6c7ccccc7oc6c6ccccc56)c5ccccc45)ccc32)cc1. The number of rotatable bonds is 3. The molecule has 0 saturated carbocycles. The van der Waals surface area contributed by atoms with E-state index in [9.17, 15) is 0 Å². The van der Waals surface area contributed by atoms with E-state index in [-0.39, 0.29) is 0 Å². The Morgan fingerprint density at radius 2 is 0.880 bits per heavy atom. The Balaban J connectivity index is 1.25. The number of aromatic nitrogens is 1. The van der Waals surface area contributed by atoms with Crippen LogP contribution in [0.1, 0.15) is 0 Å². The van der Waals surface area contributed by atoms with Crippen LogP contribution in [0.4, 0.5) is 0 Å². The maximum absolute atomic E-state index is 6.50. The quantitative estimate of drug-likeness (QED) is 0.177. The first-order valence-electron chi connectivity index (χ1n) is 17.2. The number of hydrogen-bond acceptors (Lipinski definition) is 1. The molecule has 0 N–H and O–H groups in total. The molecule has 11 rings (SSSR count). The molecule has 0 bridgehead atoms. The lowest BCUT2D eigenvalue weighted by Crippen LogP contribution is -1.93. The third kappa shape index (κ3) is 3.79. The first-order valence-corrected chi connectivity index (χ1v) is 17.2. The number of para-hydroxylation sites is 3. The van der Waals surface area contributed by atoms with Crippen molar-refractivity contribution in [1.29, 1.82) is 0 Å². The molecule has 0 fully saturated rings. The topological polar surface area (TPSA) is 18.1 Å². The van der Waals surface area contributed by atoms with Gasteiger partial charge in [0.2, 0.25) is 0 Å². The lowest BCUT2D eigenvalue weighted by atomic mass is 9.84. The van der Waals surface area contributed by atoms with Gasteiger partial charge in [0.15, 0.2) is 0 Å². The van der Waals surface area contributed by atoms with Gasteiger partial charge in [-0.3, -0.25) is 0 Å². The Bertz CT molecular complexity index is 3090. The van der Waals surface area contributed by atoms with E-state index in [4.69, 9.17) is 4.42 Å². The fourth-order valence-electron chi connectivity index (χ4n) is 8.47. The van der Waals surface area contributed by atoms with Crippen molar-refractivity contribution >= 4 is 76.1 Å². The van der Waals surface area contributed by atoms with Gasteiger partial charge in [-0.1, -0.05) is 133 Å². The van der Waals surface area contributed by atoms with E-state index in [1.807, 2.05) is 6.07 Å². The zero-order chi connectivity index (χ0) is 32.8. The third-order valence-electron chi connectivity index (χ3n) is 10.6. The summed E-state index contributed by atoms with van der Waals surface area (Å²) in [7, 11) is 0. The zero-order valence-electron chi connectivity index (χ0n) is 27.1. The number of hydrogen-bond donors (Lipinski definition) is 0. The van der Waals surface area contributed by atoms with Gasteiger partial charge in [0.05, 0.1) is 11.0 Å². The van der Waals surface area contributed by atoms with Gasteiger partial charge in [-0.2, -0.15) is 0 Å². The number of furan rings is 1. The van der Waals surface area contributed by atoms with Crippen molar-refractivity contribution < 1.29 is 4.42 Å². The number of nitrogens with zero attached hydrogens (tertiary/aromatic N) is 1. The molecule has 2 nitrogen and oxygen atoms in total. The second kappa shape index (κ2) is 10.4. The van der Waals surface area contributed by atoms with E-state index in [0.717, 1.165) is 27.3 Å². The summed E-state index contributed by atoms with van der Waals surface area (Å²) in [5.41, 5.74) is 10.4. The van der Waals surface area contributed by atoms with Gasteiger partial charge in [0.25, 0.3) is 0 Å². The Labute approximate surface area is 288 Å². The second-order valence-corrected chi connectivity index (χ2v) is 13.2. The number of benzene rings is 9. The molecule has 0 radical (unpaired) electrons. The maximum atomic E-state index is 6.50. The Kier molecular flexibility index (Phi) is 5.70. The van der Waals surface area contributed by atoms with E-state index in [1.54, 1.807) is 0 Å². The fourth-order valence-corrected chi connectivity index (χ4v) is 8.47. The van der Waals surface area contributed by atoms with Gasteiger partial charge < -0.3 is 8.98 Å². The minimum Gasteiger partial charge on any atom is -0.455 e. The summed E-state index contributed by atoms with van der Waals surface area (Å²) in [6, 6.07) is 63.8. The van der Waals surface area contributed by atoms with Crippen molar-refractivity contribution in [2.24, 2.45) is 0 Å². The molecule has 50 heavy (non-hydrogen) atoms. The molecule has 0 spiro atoms. The van der Waals surface area contributed by atoms with Crippen molar-refractivity contribution in [2.75, 3.05) is 0 Å². The Hall–Kier alpha value is -6.64. The van der Waals surface area contributed by atoms with Crippen LogP contribution in [0.5, 0.6) is 0 Å². The highest BCUT2D eigenvalue weighted by molar-refractivity contribution is 6.27. The smallest absolute Gasteiger partial charge is 0.143 e. The summed E-state index contributed by atoms with van der Waals surface area (Å²) in [6.07, 6.45) is 0. The maximum Gasteiger partial charge on any atom is 0.143 e. The van der Waals surface area contributed by atoms with Crippen LogP contribution in [-0.4, -0.2) is 4.57 Å². The molecule has 2 heteroatoms. The number of fused-ring (bicyclic) bond motifs is 10. The van der Waals surface area contributed by atoms with Crippen LogP contribution < -0.4 is 0 Å². The van der Waals surface area contributed by atoms with Crippen LogP contribution in [0.2, 0.25) is 0 Å². The fraction of sp³-hybridized carbons (Fsp3) is 0. The van der Waals surface area contributed by atoms with Crippen molar-refractivity contribution in [1.82, 2.24) is 4.57 Å². The molecule has 2 heterocycles. The van der Waals surface area contributed by atoms with Crippen LogP contribution in [-0.2, 0) is 0 Å². The summed E-state index contributed by atoms with van der Waals surface area (Å²) >= 11 is 0. The van der Waals surface area contributed by atoms with E-state index in [1.165, 1.54) is 76.7 Å². The average Bonchev–Trinajstić information content (AvgIpc) is 3.73. The van der Waals surface area contributed by atoms with Crippen molar-refractivity contribution in [2.45, 2.75) is 0 Å². The third-order valence-corrected chi connectivity index (χ3v) is 10.6. The van der Waals surface area contributed by atoms with Crippen molar-refractivity contribution in [3.05, 3.63) is 176 Å². The normalized spacial score (nSPS) is 12.0. The molecule has 9 aromatic carbocycles. The predicted octanol–water partition coefficient (Wildman–Crippen LogP) is 13.5. The van der Waals surface area contributed by atoms with Crippen LogP contribution >= 0.6 is 0 Å². The zero-order valence-corrected chi connectivity index (χ0v) is 27.1. The van der Waals surface area contributed by atoms with Gasteiger partial charge in [0, 0.05) is 32.6 Å². The van der Waals surface area contributed by atoms with E-state index in [2.05, 4.69) is 174 Å². The van der Waals surface area contributed by atoms with E-state index in [0.29, 0.717) is 0 Å². The molecular formula is C48H29NO. The van der Waals surface area contributed by atoms with Gasteiger partial charge >= 0.3 is 0 Å². The molecule has 2 aromatic heterocycles. The minimum absolute atomic E-state index is 0.916. The van der Waals surface area contributed by atoms with E-state index < -0.39 is 0 Å². The standard InChI is InChI=1S/C48H29NO/c1-2-14-31(15-3-1)49-43-24-12-10-17-33(43)40-28-30(26-27-44(40)49)46-35-19-5-7-21-37(35)47(38-22-8-6-20-36(38)46)41-29-42-34-18-11-13-25-45(34)50-48(42)39-23-9-4-16-32(39)41/h1-29H. The molecule has 0 atom stereocenters. The second-order valence-electron chi connectivity index (χ2n) is 13.2. The molecule has 0 saturated heterocycles. The monoisotopic (exact) mass is 635 g/mol. The van der Waals surface area contributed by atoms with Crippen molar-refractivity contribution in [3.63, 3.8) is 0 Å². The van der Waals surface area contributed by atoms with Crippen LogP contribution in [0.25, 0.3) is 104 Å². The highest BCUT2D eigenvalue weighted by Gasteiger charge is 2.21. The van der Waals surface area contributed by atoms with Gasteiger partial charge in [-0.05, 0) is 91.6 Å². The largest absolute Gasteiger partial charge is 0.455 e. The molecule has 0 aliphatic carbocycles. The molecule has 0 aliphatic heterocycles. The van der Waals surface area contributed by atoms with Gasteiger partial charge in [0.1, 0.15) is 11.2 Å². The molecule has 232 valence electrons. The Morgan fingerprint density at radius 1 is 0.340 bits per heavy atom. The van der Waals surface area contributed by atoms with Crippen molar-refractivity contribution in [3.8, 4) is 27.9 Å². The predicted molar refractivity (Wildman–Crippen MR) is 211 cm³/mol. The highest BCUT2D eigenvalue weighted by Crippen LogP contribution is 2.48. The first kappa shape index (κ1) is 27.3. The summed E-state index contributed by atoms with van der Waals surface area (Å²) in [6.45, 7) is 0. The molecule has 0 aliphatic rings. The molecular weight excluding hydrogens is 607 g/mol. The summed E-state index contributed by atoms with van der Waals surface area (Å²) in [5, 5.41) is 12.1. The van der Waals surface area contributed by atoms with Gasteiger partial charge in [-0.15, -0.1) is 0 Å². The molecule has 0 amide bonds. The van der Waals surface area contributed by atoms with Gasteiger partial charge in [-0.25, -0.2) is 0 Å². The average molecular weight is 636 g/mol. The summed E-state index contributed by atoms with van der Waals surface area (Å²) < 4.78 is 8.89. The lowest BCUT2D eigenvalue weighted by Gasteiger charge is -2.19. The first-order chi connectivity index (χ1) is 24.8. The molecule has 0 unspecified atom stereocenters. The lowest BCUT2D eigenvalue weighted by molar-refractivity contribution is 0.672. The summed E-state index contributed by atoms with van der Waals surface area (Å²) in [4.78, 5) is 0. The van der Waals surface area contributed by atoms with Crippen LogP contribution in [0.15, 0.2) is 180 Å². The summed E-state index contributed by atoms with van der Waals surface area (Å²) in [5.74, 6) is 0. The van der Waals surface area contributed by atoms with Crippen LogP contribution in [0, 0.1) is 0 Å². The van der Waals surface area contributed by atoms with Crippen LogP contribution in [0.3, 0.4) is 0 Å². The Morgan fingerprint density at radius 3 is 1.60 bits per heavy atom. The minimum atomic E-state index is 0.916. The highest BCUT2D eigenvalue weighted by atomic mass is 16.3. The van der Waals surface area contributed by atoms with E-state index >= 15 is 0 Å². The molecule has 11 aromatic rings.